The highest BCUT2D eigenvalue weighted by Gasteiger charge is 2.10. The molecule has 84 valence electrons. The zero-order valence-corrected chi connectivity index (χ0v) is 11.4. The smallest absolute Gasteiger partial charge is 0.320 e. The fourth-order valence-corrected chi connectivity index (χ4v) is 1.77. The Labute approximate surface area is 112 Å². The lowest BCUT2D eigenvalue weighted by Gasteiger charge is -2.00. The number of nitrogens with one attached hydrogen (secondary N) is 1. The molecule has 0 saturated heterocycles. The van der Waals surface area contributed by atoms with Crippen LogP contribution >= 0.6 is 34.2 Å². The standard InChI is InChI=1S/C10H9ClIN3O/c1-6(11)9-14-15-10(16-9)13-8-4-2-3-7(12)5-8/h2-6H,1H3,(H,13,15). The molecule has 0 fully saturated rings. The topological polar surface area (TPSA) is 51.0 Å². The van der Waals surface area contributed by atoms with E-state index in [1.165, 1.54) is 0 Å². The van der Waals surface area contributed by atoms with Crippen LogP contribution in [0, 0.1) is 3.57 Å². The Morgan fingerprint density at radius 1 is 1.44 bits per heavy atom. The van der Waals surface area contributed by atoms with Crippen LogP contribution < -0.4 is 5.32 Å². The van der Waals surface area contributed by atoms with Gasteiger partial charge in [0.25, 0.3) is 0 Å². The van der Waals surface area contributed by atoms with Gasteiger partial charge < -0.3 is 9.73 Å². The molecule has 0 bridgehead atoms. The Kier molecular flexibility index (Phi) is 3.65. The van der Waals surface area contributed by atoms with Crippen molar-refractivity contribution >= 4 is 45.9 Å². The summed E-state index contributed by atoms with van der Waals surface area (Å²) in [5.41, 5.74) is 0.907. The van der Waals surface area contributed by atoms with E-state index in [2.05, 4.69) is 38.1 Å². The summed E-state index contributed by atoms with van der Waals surface area (Å²) in [5.74, 6) is 0.412. The van der Waals surface area contributed by atoms with Gasteiger partial charge in [0, 0.05) is 9.26 Å². The predicted octanol–water partition coefficient (Wildman–Crippen LogP) is 3.72. The Hall–Kier alpha value is -0.820. The minimum Gasteiger partial charge on any atom is -0.406 e. The minimum atomic E-state index is -0.279. The summed E-state index contributed by atoms with van der Waals surface area (Å²) in [6.45, 7) is 1.78. The second-order valence-electron chi connectivity index (χ2n) is 3.20. The maximum atomic E-state index is 5.82. The molecule has 0 aliphatic rings. The maximum absolute atomic E-state index is 5.82. The quantitative estimate of drug-likeness (QED) is 0.678. The van der Waals surface area contributed by atoms with E-state index in [4.69, 9.17) is 16.0 Å². The fraction of sp³-hybridized carbons (Fsp3) is 0.200. The number of halogens is 2. The first-order valence-corrected chi connectivity index (χ1v) is 6.17. The molecule has 16 heavy (non-hydrogen) atoms. The molecule has 1 unspecified atom stereocenters. The third kappa shape index (κ3) is 2.85. The van der Waals surface area contributed by atoms with Gasteiger partial charge in [0.2, 0.25) is 5.89 Å². The van der Waals surface area contributed by atoms with Gasteiger partial charge in [0.15, 0.2) is 0 Å². The Bertz CT molecular complexity index is 486. The van der Waals surface area contributed by atoms with Crippen LogP contribution in [-0.2, 0) is 0 Å². The Morgan fingerprint density at radius 3 is 2.88 bits per heavy atom. The van der Waals surface area contributed by atoms with E-state index in [1.54, 1.807) is 6.92 Å². The van der Waals surface area contributed by atoms with Gasteiger partial charge in [0.1, 0.15) is 5.38 Å². The largest absolute Gasteiger partial charge is 0.406 e. The van der Waals surface area contributed by atoms with Gasteiger partial charge in [-0.25, -0.2) is 0 Å². The van der Waals surface area contributed by atoms with Crippen LogP contribution in [-0.4, -0.2) is 10.2 Å². The molecular weight excluding hydrogens is 340 g/mol. The van der Waals surface area contributed by atoms with Crippen molar-refractivity contribution < 1.29 is 4.42 Å². The first-order valence-electron chi connectivity index (χ1n) is 4.65. The highest BCUT2D eigenvalue weighted by molar-refractivity contribution is 14.1. The molecule has 1 heterocycles. The number of benzene rings is 1. The number of rotatable bonds is 3. The number of anilines is 2. The van der Waals surface area contributed by atoms with Gasteiger partial charge in [-0.2, -0.15) is 0 Å². The molecular formula is C10H9ClIN3O. The average molecular weight is 350 g/mol. The zero-order chi connectivity index (χ0) is 11.5. The van der Waals surface area contributed by atoms with Gasteiger partial charge in [-0.1, -0.05) is 11.2 Å². The molecule has 2 aromatic rings. The van der Waals surface area contributed by atoms with E-state index in [9.17, 15) is 0 Å². The molecule has 4 nitrogen and oxygen atoms in total. The normalized spacial score (nSPS) is 12.4. The molecule has 0 amide bonds. The van der Waals surface area contributed by atoms with Gasteiger partial charge in [-0.15, -0.1) is 16.7 Å². The van der Waals surface area contributed by atoms with Crippen LogP contribution in [0.4, 0.5) is 11.7 Å². The molecule has 1 atom stereocenters. The Balaban J connectivity index is 2.14. The van der Waals surface area contributed by atoms with E-state index in [-0.39, 0.29) is 5.38 Å². The second kappa shape index (κ2) is 5.01. The van der Waals surface area contributed by atoms with E-state index in [0.717, 1.165) is 9.26 Å². The summed E-state index contributed by atoms with van der Waals surface area (Å²) >= 11 is 8.06. The molecule has 1 aromatic carbocycles. The van der Waals surface area contributed by atoms with Crippen LogP contribution in [0.3, 0.4) is 0 Å². The number of nitrogens with zero attached hydrogens (tertiary/aromatic N) is 2. The van der Waals surface area contributed by atoms with Crippen LogP contribution in [0.2, 0.25) is 0 Å². The van der Waals surface area contributed by atoms with Crippen molar-refractivity contribution in [2.45, 2.75) is 12.3 Å². The number of hydrogen-bond acceptors (Lipinski definition) is 4. The number of aromatic nitrogens is 2. The summed E-state index contributed by atoms with van der Waals surface area (Å²) in [6.07, 6.45) is 0. The zero-order valence-electron chi connectivity index (χ0n) is 8.45. The molecule has 1 N–H and O–H groups in total. The predicted molar refractivity (Wildman–Crippen MR) is 71.0 cm³/mol. The number of alkyl halides is 1. The molecule has 2 rings (SSSR count). The van der Waals surface area contributed by atoms with Crippen molar-refractivity contribution in [1.29, 1.82) is 0 Å². The van der Waals surface area contributed by atoms with Crippen molar-refractivity contribution in [3.8, 4) is 0 Å². The Morgan fingerprint density at radius 2 is 2.25 bits per heavy atom. The fourth-order valence-electron chi connectivity index (χ4n) is 1.14. The molecule has 0 radical (unpaired) electrons. The molecule has 0 aliphatic heterocycles. The molecule has 0 aliphatic carbocycles. The minimum absolute atomic E-state index is 0.279. The number of hydrogen-bond donors (Lipinski definition) is 1. The average Bonchev–Trinajstić information content (AvgIpc) is 2.66. The van der Waals surface area contributed by atoms with Crippen molar-refractivity contribution in [2.24, 2.45) is 0 Å². The molecule has 6 heteroatoms. The van der Waals surface area contributed by atoms with Gasteiger partial charge in [-0.05, 0) is 47.7 Å². The van der Waals surface area contributed by atoms with Gasteiger partial charge in [-0.3, -0.25) is 0 Å². The van der Waals surface area contributed by atoms with Crippen LogP contribution in [0.5, 0.6) is 0 Å². The van der Waals surface area contributed by atoms with E-state index in [0.29, 0.717) is 11.9 Å². The third-order valence-electron chi connectivity index (χ3n) is 1.86. The second-order valence-corrected chi connectivity index (χ2v) is 5.10. The van der Waals surface area contributed by atoms with Crippen molar-refractivity contribution in [2.75, 3.05) is 5.32 Å². The summed E-state index contributed by atoms with van der Waals surface area (Å²) < 4.78 is 6.45. The van der Waals surface area contributed by atoms with E-state index >= 15 is 0 Å². The SMILES string of the molecule is CC(Cl)c1nnc(Nc2cccc(I)c2)o1. The summed E-state index contributed by atoms with van der Waals surface area (Å²) in [5, 5.41) is 10.4. The summed E-state index contributed by atoms with van der Waals surface area (Å²) in [7, 11) is 0. The van der Waals surface area contributed by atoms with Crippen LogP contribution in [0.25, 0.3) is 0 Å². The molecule has 0 spiro atoms. The summed E-state index contributed by atoms with van der Waals surface area (Å²) in [4.78, 5) is 0. The highest BCUT2D eigenvalue weighted by atomic mass is 127. The summed E-state index contributed by atoms with van der Waals surface area (Å²) in [6, 6.07) is 8.21. The maximum Gasteiger partial charge on any atom is 0.320 e. The van der Waals surface area contributed by atoms with Crippen molar-refractivity contribution in [3.63, 3.8) is 0 Å². The van der Waals surface area contributed by atoms with Crippen LogP contribution in [0.1, 0.15) is 18.2 Å². The van der Waals surface area contributed by atoms with Crippen molar-refractivity contribution in [3.05, 3.63) is 33.7 Å². The third-order valence-corrected chi connectivity index (χ3v) is 2.71. The first kappa shape index (κ1) is 11.7. The van der Waals surface area contributed by atoms with Crippen LogP contribution in [0.15, 0.2) is 28.7 Å². The monoisotopic (exact) mass is 349 g/mol. The van der Waals surface area contributed by atoms with Crippen molar-refractivity contribution in [1.82, 2.24) is 10.2 Å². The molecule has 0 saturated carbocycles. The lowest BCUT2D eigenvalue weighted by Crippen LogP contribution is -1.90. The first-order chi connectivity index (χ1) is 7.65. The lowest BCUT2D eigenvalue weighted by molar-refractivity contribution is 0.510. The van der Waals surface area contributed by atoms with E-state index < -0.39 is 0 Å². The van der Waals surface area contributed by atoms with E-state index in [1.807, 2.05) is 24.3 Å². The van der Waals surface area contributed by atoms with Gasteiger partial charge in [0.05, 0.1) is 0 Å². The van der Waals surface area contributed by atoms with Gasteiger partial charge >= 0.3 is 6.01 Å². The molecule has 1 aromatic heterocycles. The lowest BCUT2D eigenvalue weighted by atomic mass is 10.3. The highest BCUT2D eigenvalue weighted by Crippen LogP contribution is 2.22.